The zero-order valence-corrected chi connectivity index (χ0v) is 13.9. The summed E-state index contributed by atoms with van der Waals surface area (Å²) in [5.74, 6) is 0.698. The molecule has 0 spiro atoms. The summed E-state index contributed by atoms with van der Waals surface area (Å²) in [6.45, 7) is 12.4. The van der Waals surface area contributed by atoms with Crippen LogP contribution in [-0.4, -0.2) is 59.6 Å². The van der Waals surface area contributed by atoms with Crippen LogP contribution in [0.3, 0.4) is 0 Å². The molecule has 1 fully saturated rings. The lowest BCUT2D eigenvalue weighted by Crippen LogP contribution is -2.47. The molecule has 2 amide bonds. The van der Waals surface area contributed by atoms with Crippen molar-refractivity contribution in [3.63, 3.8) is 0 Å². The lowest BCUT2D eigenvalue weighted by Gasteiger charge is -2.29. The quantitative estimate of drug-likeness (QED) is 0.884. The molecule has 22 heavy (non-hydrogen) atoms. The Bertz CT molecular complexity index is 488. The molecule has 1 atom stereocenters. The first-order chi connectivity index (χ1) is 10.4. The summed E-state index contributed by atoms with van der Waals surface area (Å²) in [6, 6.07) is 1.67. The van der Waals surface area contributed by atoms with Crippen molar-refractivity contribution in [2.45, 2.75) is 39.3 Å². The number of anilines is 1. The van der Waals surface area contributed by atoms with Gasteiger partial charge in [0.1, 0.15) is 5.82 Å². The zero-order valence-electron chi connectivity index (χ0n) is 13.9. The SMILES string of the molecule is C[C@@H](CN1CCOCC1)NC(=O)Nc1ccnn1C(C)(C)C. The molecule has 1 aliphatic rings. The van der Waals surface area contributed by atoms with Gasteiger partial charge in [0.25, 0.3) is 0 Å². The molecule has 7 nitrogen and oxygen atoms in total. The Hall–Kier alpha value is -1.60. The summed E-state index contributed by atoms with van der Waals surface area (Å²) in [5, 5.41) is 10.1. The highest BCUT2D eigenvalue weighted by atomic mass is 16.5. The second-order valence-electron chi connectivity index (χ2n) is 6.71. The zero-order chi connectivity index (χ0) is 16.2. The van der Waals surface area contributed by atoms with Crippen molar-refractivity contribution in [2.24, 2.45) is 0 Å². The van der Waals surface area contributed by atoms with Crippen LogP contribution in [0.15, 0.2) is 12.3 Å². The van der Waals surface area contributed by atoms with Gasteiger partial charge in [0.05, 0.1) is 24.9 Å². The molecule has 0 unspecified atom stereocenters. The number of carbonyl (C=O) groups excluding carboxylic acids is 1. The molecular formula is C15H27N5O2. The smallest absolute Gasteiger partial charge is 0.320 e. The van der Waals surface area contributed by atoms with E-state index in [1.54, 1.807) is 16.9 Å². The van der Waals surface area contributed by atoms with Crippen LogP contribution in [0.25, 0.3) is 0 Å². The molecular weight excluding hydrogens is 282 g/mol. The number of rotatable bonds is 4. The molecule has 0 aliphatic carbocycles. The number of nitrogens with zero attached hydrogens (tertiary/aromatic N) is 3. The van der Waals surface area contributed by atoms with Crippen LogP contribution in [0, 0.1) is 0 Å². The highest BCUT2D eigenvalue weighted by Crippen LogP contribution is 2.18. The molecule has 1 aromatic heterocycles. The normalized spacial score (nSPS) is 18.0. The van der Waals surface area contributed by atoms with E-state index >= 15 is 0 Å². The summed E-state index contributed by atoms with van der Waals surface area (Å²) in [4.78, 5) is 14.4. The number of ether oxygens (including phenoxy) is 1. The minimum absolute atomic E-state index is 0.0732. The van der Waals surface area contributed by atoms with Crippen molar-refractivity contribution < 1.29 is 9.53 Å². The summed E-state index contributed by atoms with van der Waals surface area (Å²) in [7, 11) is 0. The largest absolute Gasteiger partial charge is 0.379 e. The summed E-state index contributed by atoms with van der Waals surface area (Å²) in [6.07, 6.45) is 1.69. The summed E-state index contributed by atoms with van der Waals surface area (Å²) in [5.41, 5.74) is -0.175. The third-order valence-corrected chi connectivity index (χ3v) is 3.53. The number of nitrogens with one attached hydrogen (secondary N) is 2. The van der Waals surface area contributed by atoms with Crippen molar-refractivity contribution in [1.29, 1.82) is 0 Å². The second-order valence-corrected chi connectivity index (χ2v) is 6.71. The van der Waals surface area contributed by atoms with Crippen LogP contribution in [0.4, 0.5) is 10.6 Å². The molecule has 0 saturated carbocycles. The van der Waals surface area contributed by atoms with Gasteiger partial charge in [-0.2, -0.15) is 5.10 Å². The van der Waals surface area contributed by atoms with Crippen LogP contribution in [0.1, 0.15) is 27.7 Å². The Kier molecular flexibility index (Phi) is 5.42. The van der Waals surface area contributed by atoms with Crippen LogP contribution in [0.5, 0.6) is 0 Å². The standard InChI is InChI=1S/C15H27N5O2/c1-12(11-19-7-9-22-10-8-19)17-14(21)18-13-5-6-16-20(13)15(2,3)4/h5-6,12H,7-11H2,1-4H3,(H2,17,18,21)/t12-/m0/s1. The maximum Gasteiger partial charge on any atom is 0.320 e. The van der Waals surface area contributed by atoms with Crippen LogP contribution < -0.4 is 10.6 Å². The molecule has 0 bridgehead atoms. The Labute approximate surface area is 132 Å². The molecule has 2 heterocycles. The minimum atomic E-state index is -0.202. The van der Waals surface area contributed by atoms with Gasteiger partial charge >= 0.3 is 6.03 Å². The van der Waals surface area contributed by atoms with E-state index in [4.69, 9.17) is 4.74 Å². The van der Waals surface area contributed by atoms with E-state index in [0.29, 0.717) is 5.82 Å². The predicted molar refractivity (Wildman–Crippen MR) is 86.1 cm³/mol. The van der Waals surface area contributed by atoms with Crippen LogP contribution in [0.2, 0.25) is 0 Å². The third kappa shape index (κ3) is 4.71. The van der Waals surface area contributed by atoms with E-state index < -0.39 is 0 Å². The maximum absolute atomic E-state index is 12.1. The van der Waals surface area contributed by atoms with Gasteiger partial charge in [0.15, 0.2) is 0 Å². The third-order valence-electron chi connectivity index (χ3n) is 3.53. The van der Waals surface area contributed by atoms with E-state index in [2.05, 4.69) is 20.6 Å². The topological polar surface area (TPSA) is 71.4 Å². The minimum Gasteiger partial charge on any atom is -0.379 e. The van der Waals surface area contributed by atoms with Crippen molar-refractivity contribution >= 4 is 11.8 Å². The van der Waals surface area contributed by atoms with E-state index in [9.17, 15) is 4.79 Å². The Morgan fingerprint density at radius 1 is 1.41 bits per heavy atom. The van der Waals surface area contributed by atoms with Gasteiger partial charge in [-0.15, -0.1) is 0 Å². The van der Waals surface area contributed by atoms with Gasteiger partial charge in [-0.1, -0.05) is 0 Å². The fourth-order valence-corrected chi connectivity index (χ4v) is 2.53. The van der Waals surface area contributed by atoms with Gasteiger partial charge in [0, 0.05) is 31.7 Å². The predicted octanol–water partition coefficient (Wildman–Crippen LogP) is 1.48. The van der Waals surface area contributed by atoms with Crippen LogP contribution in [-0.2, 0) is 10.3 Å². The number of amides is 2. The van der Waals surface area contributed by atoms with Crippen molar-refractivity contribution in [2.75, 3.05) is 38.2 Å². The number of aromatic nitrogens is 2. The summed E-state index contributed by atoms with van der Waals surface area (Å²) < 4.78 is 7.13. The van der Waals surface area contributed by atoms with E-state index in [0.717, 1.165) is 32.8 Å². The first-order valence-corrected chi connectivity index (χ1v) is 7.78. The molecule has 1 saturated heterocycles. The molecule has 0 radical (unpaired) electrons. The van der Waals surface area contributed by atoms with E-state index in [-0.39, 0.29) is 17.6 Å². The number of hydrogen-bond acceptors (Lipinski definition) is 4. The average Bonchev–Trinajstić information content (AvgIpc) is 2.87. The molecule has 0 aromatic carbocycles. The first-order valence-electron chi connectivity index (χ1n) is 7.78. The van der Waals surface area contributed by atoms with Gasteiger partial charge in [-0.3, -0.25) is 10.2 Å². The second kappa shape index (κ2) is 7.11. The molecule has 2 N–H and O–H groups in total. The number of carbonyl (C=O) groups is 1. The summed E-state index contributed by atoms with van der Waals surface area (Å²) >= 11 is 0. The van der Waals surface area contributed by atoms with E-state index in [1.807, 2.05) is 27.7 Å². The molecule has 1 aromatic rings. The van der Waals surface area contributed by atoms with E-state index in [1.165, 1.54) is 0 Å². The van der Waals surface area contributed by atoms with Gasteiger partial charge < -0.3 is 10.1 Å². The molecule has 124 valence electrons. The first kappa shape index (κ1) is 16.8. The number of urea groups is 1. The number of morpholine rings is 1. The fourth-order valence-electron chi connectivity index (χ4n) is 2.53. The van der Waals surface area contributed by atoms with Gasteiger partial charge in [-0.25, -0.2) is 9.48 Å². The molecule has 7 heteroatoms. The van der Waals surface area contributed by atoms with Crippen molar-refractivity contribution in [3.05, 3.63) is 12.3 Å². The highest BCUT2D eigenvalue weighted by Gasteiger charge is 2.19. The van der Waals surface area contributed by atoms with Crippen LogP contribution >= 0.6 is 0 Å². The highest BCUT2D eigenvalue weighted by molar-refractivity contribution is 5.88. The fraction of sp³-hybridized carbons (Fsp3) is 0.733. The Morgan fingerprint density at radius 2 is 2.09 bits per heavy atom. The van der Waals surface area contributed by atoms with Gasteiger partial charge in [0.2, 0.25) is 0 Å². The maximum atomic E-state index is 12.1. The lowest BCUT2D eigenvalue weighted by atomic mass is 10.1. The lowest BCUT2D eigenvalue weighted by molar-refractivity contribution is 0.0350. The monoisotopic (exact) mass is 309 g/mol. The average molecular weight is 309 g/mol. The van der Waals surface area contributed by atoms with Gasteiger partial charge in [-0.05, 0) is 27.7 Å². The molecule has 1 aliphatic heterocycles. The van der Waals surface area contributed by atoms with Crippen molar-refractivity contribution in [1.82, 2.24) is 20.0 Å². The molecule has 2 rings (SSSR count). The number of hydrogen-bond donors (Lipinski definition) is 2. The Balaban J connectivity index is 1.83. The Morgan fingerprint density at radius 3 is 2.73 bits per heavy atom. The van der Waals surface area contributed by atoms with Crippen molar-refractivity contribution in [3.8, 4) is 0 Å².